The van der Waals surface area contributed by atoms with Gasteiger partial charge in [-0.3, -0.25) is 0 Å². The molecule has 1 heterocycles. The van der Waals surface area contributed by atoms with Gasteiger partial charge in [0.1, 0.15) is 0 Å². The number of aromatic nitrogens is 2. The molecule has 0 aliphatic carbocycles. The van der Waals surface area contributed by atoms with Crippen molar-refractivity contribution < 1.29 is 32.6 Å². The first-order valence-corrected chi connectivity index (χ1v) is 5.86. The summed E-state index contributed by atoms with van der Waals surface area (Å²) < 4.78 is 43.1. The van der Waals surface area contributed by atoms with Crippen LogP contribution in [0.5, 0.6) is 5.88 Å². The minimum atomic E-state index is -4.68. The maximum atomic E-state index is 12.5. The number of aromatic carboxylic acids is 1. The minimum Gasteiger partial charge on any atom is -0.478 e. The number of esters is 1. The maximum Gasteiger partial charge on any atom is 0.435 e. The Morgan fingerprint density at radius 3 is 2.32 bits per heavy atom. The number of halogens is 3. The zero-order chi connectivity index (χ0) is 16.5. The number of carboxylic acids is 1. The number of carboxylic acid groups (broad SMARTS) is 1. The first kappa shape index (κ1) is 15.5. The van der Waals surface area contributed by atoms with Crippen molar-refractivity contribution in [2.45, 2.75) is 6.18 Å². The molecule has 9 heteroatoms. The highest BCUT2D eigenvalue weighted by Crippen LogP contribution is 2.30. The number of hydrogen-bond acceptors (Lipinski definition) is 4. The van der Waals surface area contributed by atoms with Gasteiger partial charge in [0.2, 0.25) is 5.88 Å². The lowest BCUT2D eigenvalue weighted by Gasteiger charge is -2.06. The lowest BCUT2D eigenvalue weighted by molar-refractivity contribution is -0.141. The van der Waals surface area contributed by atoms with E-state index >= 15 is 0 Å². The van der Waals surface area contributed by atoms with Gasteiger partial charge in [-0.25, -0.2) is 14.3 Å². The molecule has 0 atom stereocenters. The highest BCUT2D eigenvalue weighted by atomic mass is 19.4. The van der Waals surface area contributed by atoms with Gasteiger partial charge in [-0.2, -0.15) is 18.3 Å². The first-order chi connectivity index (χ1) is 10.2. The Bertz CT molecular complexity index is 737. The highest BCUT2D eigenvalue weighted by molar-refractivity contribution is 6.03. The van der Waals surface area contributed by atoms with Crippen LogP contribution < -0.4 is 4.74 Å². The van der Waals surface area contributed by atoms with Gasteiger partial charge in [-0.1, -0.05) is 12.1 Å². The molecule has 0 saturated heterocycles. The maximum absolute atomic E-state index is 12.5. The van der Waals surface area contributed by atoms with Crippen LogP contribution in [0.25, 0.3) is 0 Å². The third kappa shape index (κ3) is 3.08. The Labute approximate surface area is 121 Å². The van der Waals surface area contributed by atoms with Crippen LogP contribution in [0, 0.1) is 0 Å². The lowest BCUT2D eigenvalue weighted by Crippen LogP contribution is -2.15. The number of nitrogens with zero attached hydrogens (tertiary/aromatic N) is 2. The SMILES string of the molecule is Cn1nc(C(F)(F)F)cc1OC(=O)c1ccccc1C(=O)O. The normalized spacial score (nSPS) is 11.3. The monoisotopic (exact) mass is 314 g/mol. The summed E-state index contributed by atoms with van der Waals surface area (Å²) in [6, 6.07) is 5.76. The van der Waals surface area contributed by atoms with Gasteiger partial charge in [0, 0.05) is 13.1 Å². The van der Waals surface area contributed by atoms with Crippen LogP contribution in [0.2, 0.25) is 0 Å². The molecular weight excluding hydrogens is 305 g/mol. The van der Waals surface area contributed by atoms with Crippen molar-refractivity contribution in [3.8, 4) is 5.88 Å². The largest absolute Gasteiger partial charge is 0.478 e. The van der Waals surface area contributed by atoms with Crippen molar-refractivity contribution in [2.24, 2.45) is 7.05 Å². The second kappa shape index (κ2) is 5.51. The van der Waals surface area contributed by atoms with Gasteiger partial charge in [-0.05, 0) is 12.1 Å². The molecule has 2 aromatic rings. The number of aryl methyl sites for hydroxylation is 1. The van der Waals surface area contributed by atoms with Crippen LogP contribution in [-0.4, -0.2) is 26.8 Å². The van der Waals surface area contributed by atoms with Crippen LogP contribution in [0.1, 0.15) is 26.4 Å². The fourth-order valence-electron chi connectivity index (χ4n) is 1.68. The van der Waals surface area contributed by atoms with Crippen LogP contribution in [-0.2, 0) is 13.2 Å². The Kier molecular flexibility index (Phi) is 3.89. The number of hydrogen-bond donors (Lipinski definition) is 1. The summed E-state index contributed by atoms with van der Waals surface area (Å²) in [5.41, 5.74) is -1.81. The van der Waals surface area contributed by atoms with Crippen LogP contribution >= 0.6 is 0 Å². The number of carbonyl (C=O) groups is 2. The molecule has 6 nitrogen and oxygen atoms in total. The third-order valence-corrected chi connectivity index (χ3v) is 2.70. The summed E-state index contributed by atoms with van der Waals surface area (Å²) in [4.78, 5) is 22.9. The smallest absolute Gasteiger partial charge is 0.435 e. The Morgan fingerprint density at radius 1 is 1.23 bits per heavy atom. The standard InChI is InChI=1S/C13H9F3N2O4/c1-18-10(6-9(17-18)13(14,15)16)22-12(21)8-5-3-2-4-7(8)11(19)20/h2-6H,1H3,(H,19,20). The fourth-order valence-corrected chi connectivity index (χ4v) is 1.68. The van der Waals surface area contributed by atoms with E-state index in [0.717, 1.165) is 4.68 Å². The number of carbonyl (C=O) groups excluding carboxylic acids is 1. The van der Waals surface area contributed by atoms with Crippen LogP contribution in [0.3, 0.4) is 0 Å². The molecule has 0 aliphatic heterocycles. The third-order valence-electron chi connectivity index (χ3n) is 2.70. The number of alkyl halides is 3. The Hall–Kier alpha value is -2.84. The number of ether oxygens (including phenoxy) is 1. The molecule has 1 aromatic heterocycles. The fraction of sp³-hybridized carbons (Fsp3) is 0.154. The molecule has 0 radical (unpaired) electrons. The van der Waals surface area contributed by atoms with Gasteiger partial charge < -0.3 is 9.84 Å². The number of benzene rings is 1. The van der Waals surface area contributed by atoms with E-state index in [-0.39, 0.29) is 11.1 Å². The average Bonchev–Trinajstić information content (AvgIpc) is 2.80. The van der Waals surface area contributed by atoms with Crippen molar-refractivity contribution in [3.05, 3.63) is 47.2 Å². The Balaban J connectivity index is 2.31. The molecule has 0 amide bonds. The molecule has 0 fully saturated rings. The molecule has 0 spiro atoms. The van der Waals surface area contributed by atoms with Crippen molar-refractivity contribution in [1.82, 2.24) is 9.78 Å². The highest BCUT2D eigenvalue weighted by Gasteiger charge is 2.35. The summed E-state index contributed by atoms with van der Waals surface area (Å²) in [5.74, 6) is -2.89. The quantitative estimate of drug-likeness (QED) is 0.880. The number of rotatable bonds is 3. The van der Waals surface area contributed by atoms with Gasteiger partial charge >= 0.3 is 18.1 Å². The molecule has 2 rings (SSSR count). The second-order valence-corrected chi connectivity index (χ2v) is 4.23. The molecule has 0 aliphatic rings. The molecular formula is C13H9F3N2O4. The molecule has 1 aromatic carbocycles. The molecule has 22 heavy (non-hydrogen) atoms. The van der Waals surface area contributed by atoms with E-state index in [2.05, 4.69) is 5.10 Å². The van der Waals surface area contributed by atoms with E-state index in [9.17, 15) is 22.8 Å². The van der Waals surface area contributed by atoms with E-state index in [1.807, 2.05) is 0 Å². The molecule has 1 N–H and O–H groups in total. The minimum absolute atomic E-state index is 0.273. The predicted octanol–water partition coefficient (Wildman–Crippen LogP) is 2.36. The summed E-state index contributed by atoms with van der Waals surface area (Å²) in [6.07, 6.45) is -4.68. The predicted molar refractivity (Wildman–Crippen MR) is 66.6 cm³/mol. The topological polar surface area (TPSA) is 81.4 Å². The van der Waals surface area contributed by atoms with Crippen LogP contribution in [0.15, 0.2) is 30.3 Å². The zero-order valence-corrected chi connectivity index (χ0v) is 11.1. The van der Waals surface area contributed by atoms with E-state index in [0.29, 0.717) is 6.07 Å². The molecule has 0 saturated carbocycles. The zero-order valence-electron chi connectivity index (χ0n) is 11.1. The molecule has 0 bridgehead atoms. The van der Waals surface area contributed by atoms with E-state index < -0.39 is 29.7 Å². The van der Waals surface area contributed by atoms with Gasteiger partial charge in [0.15, 0.2) is 5.69 Å². The summed E-state index contributed by atoms with van der Waals surface area (Å²) >= 11 is 0. The van der Waals surface area contributed by atoms with Crippen molar-refractivity contribution >= 4 is 11.9 Å². The second-order valence-electron chi connectivity index (χ2n) is 4.23. The Morgan fingerprint density at radius 2 is 1.82 bits per heavy atom. The van der Waals surface area contributed by atoms with E-state index in [1.54, 1.807) is 0 Å². The van der Waals surface area contributed by atoms with Gasteiger partial charge in [0.05, 0.1) is 11.1 Å². The molecule has 0 unspecified atom stereocenters. The summed E-state index contributed by atoms with van der Waals surface area (Å²) in [5, 5.41) is 12.2. The first-order valence-electron chi connectivity index (χ1n) is 5.86. The van der Waals surface area contributed by atoms with E-state index in [4.69, 9.17) is 9.84 Å². The summed E-state index contributed by atoms with van der Waals surface area (Å²) in [7, 11) is 1.17. The summed E-state index contributed by atoms with van der Waals surface area (Å²) in [6.45, 7) is 0. The van der Waals surface area contributed by atoms with Crippen LogP contribution in [0.4, 0.5) is 13.2 Å². The molecule has 116 valence electrons. The van der Waals surface area contributed by atoms with Crippen molar-refractivity contribution in [3.63, 3.8) is 0 Å². The van der Waals surface area contributed by atoms with Gasteiger partial charge in [0.25, 0.3) is 0 Å². The van der Waals surface area contributed by atoms with Gasteiger partial charge in [-0.15, -0.1) is 0 Å². The van der Waals surface area contributed by atoms with Crippen molar-refractivity contribution in [2.75, 3.05) is 0 Å². The van der Waals surface area contributed by atoms with E-state index in [1.165, 1.54) is 31.3 Å². The average molecular weight is 314 g/mol. The van der Waals surface area contributed by atoms with Crippen molar-refractivity contribution in [1.29, 1.82) is 0 Å². The lowest BCUT2D eigenvalue weighted by atomic mass is 10.1.